The summed E-state index contributed by atoms with van der Waals surface area (Å²) in [6, 6.07) is 16.6. The van der Waals surface area contributed by atoms with Crippen molar-refractivity contribution in [3.8, 4) is 5.75 Å². The predicted octanol–water partition coefficient (Wildman–Crippen LogP) is 3.42. The maximum absolute atomic E-state index is 12.5. The third-order valence-corrected chi connectivity index (χ3v) is 4.63. The molecular formula is C23H30N2O7S. The molecule has 10 heteroatoms. The largest absolute Gasteiger partial charge is 0.489 e. The van der Waals surface area contributed by atoms with Gasteiger partial charge in [0.1, 0.15) is 24.5 Å². The van der Waals surface area contributed by atoms with Crippen LogP contribution in [0.15, 0.2) is 54.6 Å². The van der Waals surface area contributed by atoms with Gasteiger partial charge in [0, 0.05) is 12.2 Å². The lowest BCUT2D eigenvalue weighted by Crippen LogP contribution is -2.43. The molecule has 0 aliphatic heterocycles. The van der Waals surface area contributed by atoms with E-state index in [-0.39, 0.29) is 19.7 Å². The smallest absolute Gasteiger partial charge is 0.410 e. The Hall–Kier alpha value is -3.11. The summed E-state index contributed by atoms with van der Waals surface area (Å²) in [6.45, 7) is 4.73. The van der Waals surface area contributed by atoms with Crippen molar-refractivity contribution in [2.24, 2.45) is 0 Å². The normalized spacial score (nSPS) is 11.5. The van der Waals surface area contributed by atoms with E-state index in [9.17, 15) is 18.0 Å². The molecule has 0 atom stereocenters. The third kappa shape index (κ3) is 10.8. The van der Waals surface area contributed by atoms with Gasteiger partial charge >= 0.3 is 6.09 Å². The third-order valence-electron chi connectivity index (χ3n) is 4.03. The van der Waals surface area contributed by atoms with Gasteiger partial charge in [-0.3, -0.25) is 13.9 Å². The fourth-order valence-electron chi connectivity index (χ4n) is 2.61. The molecule has 0 bridgehead atoms. The molecule has 2 aromatic rings. The summed E-state index contributed by atoms with van der Waals surface area (Å²) >= 11 is 0. The highest BCUT2D eigenvalue weighted by Crippen LogP contribution is 2.17. The van der Waals surface area contributed by atoms with Gasteiger partial charge in [-0.05, 0) is 50.6 Å². The van der Waals surface area contributed by atoms with Crippen LogP contribution in [0, 0.1) is 0 Å². The summed E-state index contributed by atoms with van der Waals surface area (Å²) in [4.78, 5) is 26.0. The molecule has 0 aliphatic rings. The molecule has 180 valence electrons. The van der Waals surface area contributed by atoms with Crippen LogP contribution in [0.3, 0.4) is 0 Å². The number of hydrogen-bond donors (Lipinski definition) is 1. The van der Waals surface area contributed by atoms with Gasteiger partial charge in [0.05, 0.1) is 12.9 Å². The van der Waals surface area contributed by atoms with Crippen LogP contribution in [0.1, 0.15) is 26.3 Å². The second-order valence-electron chi connectivity index (χ2n) is 8.27. The molecule has 33 heavy (non-hydrogen) atoms. The van der Waals surface area contributed by atoms with Gasteiger partial charge in [0.25, 0.3) is 10.1 Å². The average molecular weight is 479 g/mol. The van der Waals surface area contributed by atoms with Crippen molar-refractivity contribution in [2.45, 2.75) is 33.0 Å². The number of nitrogens with zero attached hydrogens (tertiary/aromatic N) is 1. The Kier molecular flexibility index (Phi) is 9.24. The molecule has 1 N–H and O–H groups in total. The Morgan fingerprint density at radius 3 is 2.21 bits per heavy atom. The first kappa shape index (κ1) is 26.1. The highest BCUT2D eigenvalue weighted by molar-refractivity contribution is 7.85. The Labute approximate surface area is 194 Å². The number of hydrogen-bond acceptors (Lipinski definition) is 7. The van der Waals surface area contributed by atoms with E-state index in [0.717, 1.165) is 16.7 Å². The Bertz CT molecular complexity index is 1020. The number of carbonyl (C=O) groups is 2. The molecule has 0 unspecified atom stereocenters. The minimum atomic E-state index is -3.68. The maximum atomic E-state index is 12.5. The van der Waals surface area contributed by atoms with Gasteiger partial charge < -0.3 is 14.8 Å². The SMILES string of the molecule is CC(C)(C)OC(=O)N(CCOS(C)(=O)=O)CC(=O)Nc1ccc(OCc2ccccc2)cc1. The molecule has 2 amide bonds. The lowest BCUT2D eigenvalue weighted by Gasteiger charge is -2.26. The van der Waals surface area contributed by atoms with Gasteiger partial charge in [-0.2, -0.15) is 8.42 Å². The molecule has 0 spiro atoms. The molecule has 2 aromatic carbocycles. The predicted molar refractivity (Wildman–Crippen MR) is 124 cm³/mol. The number of rotatable bonds is 10. The van der Waals surface area contributed by atoms with Crippen molar-refractivity contribution in [3.63, 3.8) is 0 Å². The van der Waals surface area contributed by atoms with Gasteiger partial charge in [0.2, 0.25) is 5.91 Å². The van der Waals surface area contributed by atoms with Crippen molar-refractivity contribution >= 4 is 27.8 Å². The molecule has 0 fully saturated rings. The van der Waals surface area contributed by atoms with E-state index in [0.29, 0.717) is 18.0 Å². The van der Waals surface area contributed by atoms with E-state index in [1.54, 1.807) is 45.0 Å². The monoisotopic (exact) mass is 478 g/mol. The fourth-order valence-corrected chi connectivity index (χ4v) is 2.99. The number of ether oxygens (including phenoxy) is 2. The minimum Gasteiger partial charge on any atom is -0.489 e. The van der Waals surface area contributed by atoms with Crippen molar-refractivity contribution in [3.05, 3.63) is 60.2 Å². The molecule has 0 radical (unpaired) electrons. The van der Waals surface area contributed by atoms with Gasteiger partial charge in [-0.1, -0.05) is 30.3 Å². The van der Waals surface area contributed by atoms with Gasteiger partial charge in [-0.25, -0.2) is 4.79 Å². The van der Waals surface area contributed by atoms with E-state index in [1.165, 1.54) is 0 Å². The number of amides is 2. The van der Waals surface area contributed by atoms with E-state index in [4.69, 9.17) is 9.47 Å². The Balaban J connectivity index is 1.93. The lowest BCUT2D eigenvalue weighted by molar-refractivity contribution is -0.117. The highest BCUT2D eigenvalue weighted by Gasteiger charge is 2.24. The summed E-state index contributed by atoms with van der Waals surface area (Å²) in [7, 11) is -3.68. The van der Waals surface area contributed by atoms with Crippen LogP contribution in [-0.2, 0) is 30.4 Å². The van der Waals surface area contributed by atoms with Crippen LogP contribution < -0.4 is 10.1 Å². The van der Waals surface area contributed by atoms with E-state index in [2.05, 4.69) is 9.50 Å². The summed E-state index contributed by atoms with van der Waals surface area (Å²) in [5, 5.41) is 2.69. The highest BCUT2D eigenvalue weighted by atomic mass is 32.2. The Morgan fingerprint density at radius 2 is 1.64 bits per heavy atom. The zero-order valence-electron chi connectivity index (χ0n) is 19.2. The lowest BCUT2D eigenvalue weighted by atomic mass is 10.2. The van der Waals surface area contributed by atoms with E-state index < -0.39 is 27.7 Å². The molecule has 2 rings (SSSR count). The Morgan fingerprint density at radius 1 is 1.00 bits per heavy atom. The molecular weight excluding hydrogens is 448 g/mol. The minimum absolute atomic E-state index is 0.137. The molecule has 0 aromatic heterocycles. The standard InChI is InChI=1S/C23H30N2O7S/c1-23(2,3)32-22(27)25(14-15-31-33(4,28)29)16-21(26)24-19-10-12-20(13-11-19)30-17-18-8-6-5-7-9-18/h5-13H,14-17H2,1-4H3,(H,24,26). The molecule has 0 heterocycles. The maximum Gasteiger partial charge on any atom is 0.410 e. The van der Waals surface area contributed by atoms with Gasteiger partial charge in [-0.15, -0.1) is 0 Å². The van der Waals surface area contributed by atoms with Crippen LogP contribution in [0.2, 0.25) is 0 Å². The van der Waals surface area contributed by atoms with Crippen LogP contribution in [0.4, 0.5) is 10.5 Å². The van der Waals surface area contributed by atoms with Crippen molar-refractivity contribution in [1.29, 1.82) is 0 Å². The second-order valence-corrected chi connectivity index (χ2v) is 9.92. The van der Waals surface area contributed by atoms with Crippen molar-refractivity contribution < 1.29 is 31.7 Å². The fraction of sp³-hybridized carbons (Fsp3) is 0.391. The number of anilines is 1. The average Bonchev–Trinajstić information content (AvgIpc) is 2.71. The van der Waals surface area contributed by atoms with E-state index >= 15 is 0 Å². The second kappa shape index (κ2) is 11.7. The molecule has 0 saturated carbocycles. The number of nitrogens with one attached hydrogen (secondary N) is 1. The summed E-state index contributed by atoms with van der Waals surface area (Å²) in [5.41, 5.74) is 0.777. The topological polar surface area (TPSA) is 111 Å². The first-order valence-corrected chi connectivity index (χ1v) is 12.1. The van der Waals surface area contributed by atoms with Crippen molar-refractivity contribution in [1.82, 2.24) is 4.90 Å². The summed E-state index contributed by atoms with van der Waals surface area (Å²) in [6.07, 6.45) is 0.157. The molecule has 0 saturated heterocycles. The quantitative estimate of drug-likeness (QED) is 0.521. The number of carbonyl (C=O) groups excluding carboxylic acids is 2. The van der Waals surface area contributed by atoms with Crippen molar-refractivity contribution in [2.75, 3.05) is 31.3 Å². The van der Waals surface area contributed by atoms with E-state index in [1.807, 2.05) is 30.3 Å². The van der Waals surface area contributed by atoms with Crippen LogP contribution in [0.25, 0.3) is 0 Å². The first-order valence-electron chi connectivity index (χ1n) is 10.3. The van der Waals surface area contributed by atoms with Crippen LogP contribution in [0.5, 0.6) is 5.75 Å². The summed E-state index contributed by atoms with van der Waals surface area (Å²) < 4.78 is 38.1. The first-order chi connectivity index (χ1) is 15.4. The zero-order valence-corrected chi connectivity index (χ0v) is 20.1. The number of benzene rings is 2. The summed E-state index contributed by atoms with van der Waals surface area (Å²) in [5.74, 6) is 0.170. The van der Waals surface area contributed by atoms with Gasteiger partial charge in [0.15, 0.2) is 0 Å². The molecule has 0 aliphatic carbocycles. The van der Waals surface area contributed by atoms with Crippen LogP contribution in [-0.4, -0.2) is 56.9 Å². The zero-order chi connectivity index (χ0) is 24.5. The molecule has 9 nitrogen and oxygen atoms in total. The van der Waals surface area contributed by atoms with Crippen LogP contribution >= 0.6 is 0 Å².